The first-order valence-corrected chi connectivity index (χ1v) is 9.72. The van der Waals surface area contributed by atoms with Gasteiger partial charge in [0, 0.05) is 27.5 Å². The Hall–Kier alpha value is -1.53. The van der Waals surface area contributed by atoms with Gasteiger partial charge >= 0.3 is 0 Å². The average molecular weight is 590 g/mol. The topological polar surface area (TPSA) is 63.3 Å². The average Bonchev–Trinajstić information content (AvgIpc) is 3.30. The number of aryl methyl sites for hydroxylation is 1. The molecular weight excluding hydrogens is 549 g/mol. The van der Waals surface area contributed by atoms with E-state index in [0.29, 0.717) is 6.42 Å². The number of benzene rings is 1. The fraction of sp³-hybridized carbons (Fsp3) is 0.440. The summed E-state index contributed by atoms with van der Waals surface area (Å²) in [7, 11) is 0. The van der Waals surface area contributed by atoms with Crippen LogP contribution in [0.4, 0.5) is 4.39 Å². The van der Waals surface area contributed by atoms with Crippen molar-refractivity contribution in [2.24, 2.45) is 11.8 Å². The van der Waals surface area contributed by atoms with Gasteiger partial charge in [0.05, 0.1) is 0 Å². The summed E-state index contributed by atoms with van der Waals surface area (Å²) < 4.78 is 12.1. The first-order chi connectivity index (χ1) is 13.6. The van der Waals surface area contributed by atoms with Gasteiger partial charge in [-0.25, -0.2) is 10.3 Å². The van der Waals surface area contributed by atoms with Crippen molar-refractivity contribution >= 4 is 5.78 Å². The minimum absolute atomic E-state index is 0. The summed E-state index contributed by atoms with van der Waals surface area (Å²) in [5.74, 6) is 4.22. The van der Waals surface area contributed by atoms with E-state index in [1.165, 1.54) is 49.5 Å². The number of ketones is 1. The number of carbonyl (C=O) groups is 1. The van der Waals surface area contributed by atoms with Crippen LogP contribution in [0.15, 0.2) is 48.6 Å². The SMILES string of the molecule is C#C.C=CC(=O)C/C=C(\CC)C1CCCC1.CC.Cc1ccc(F)cc1.NO.[CH3-].[W]. The van der Waals surface area contributed by atoms with E-state index in [2.05, 4.69) is 38.3 Å². The second-order valence-corrected chi connectivity index (χ2v) is 5.78. The van der Waals surface area contributed by atoms with Gasteiger partial charge in [0.15, 0.2) is 5.78 Å². The molecule has 0 amide bonds. The zero-order chi connectivity index (χ0) is 22.4. The van der Waals surface area contributed by atoms with Crippen molar-refractivity contribution < 1.29 is 35.5 Å². The largest absolute Gasteiger partial charge is 0.358 e. The van der Waals surface area contributed by atoms with Crippen molar-refractivity contribution in [1.82, 2.24) is 0 Å². The van der Waals surface area contributed by atoms with Crippen LogP contribution < -0.4 is 5.90 Å². The molecule has 1 aliphatic rings. The normalized spacial score (nSPS) is 11.6. The molecule has 1 saturated carbocycles. The molecule has 0 atom stereocenters. The number of halogens is 1. The quantitative estimate of drug-likeness (QED) is 0.130. The van der Waals surface area contributed by atoms with E-state index in [-0.39, 0.29) is 40.1 Å². The smallest absolute Gasteiger partial charge is 0.158 e. The van der Waals surface area contributed by atoms with Crippen molar-refractivity contribution in [3.8, 4) is 12.8 Å². The number of allylic oxidation sites excluding steroid dienone is 3. The monoisotopic (exact) mass is 590 g/mol. The zero-order valence-corrected chi connectivity index (χ0v) is 22.3. The van der Waals surface area contributed by atoms with E-state index >= 15 is 0 Å². The minimum Gasteiger partial charge on any atom is -0.358 e. The number of rotatable bonds is 5. The molecule has 0 saturated heterocycles. The van der Waals surface area contributed by atoms with E-state index in [4.69, 9.17) is 5.21 Å². The standard InChI is InChI=1S/C13H20O.C7H7F.C2H6.C2H2.CH3.H3NO.W/c1-3-11(9-10-13(14)4-2)12-7-5-6-8-12;1-6-2-4-7(8)5-3-6;2*1-2;;1-2;/h4,9,12H,2-3,5-8,10H2,1H3;2-5H,1H3;1-2H3;1-2H;1H3;2H,1H2;/q;;;;-1;;/b11-9+;;;;;;. The van der Waals surface area contributed by atoms with Gasteiger partial charge in [-0.1, -0.05) is 69.5 Å². The molecule has 2 rings (SSSR count). The second-order valence-electron chi connectivity index (χ2n) is 5.78. The van der Waals surface area contributed by atoms with Crippen LogP contribution in [0.1, 0.15) is 64.9 Å². The first-order valence-electron chi connectivity index (χ1n) is 9.72. The predicted molar refractivity (Wildman–Crippen MR) is 125 cm³/mol. The van der Waals surface area contributed by atoms with Crippen LogP contribution >= 0.6 is 0 Å². The third-order valence-corrected chi connectivity index (χ3v) is 4.09. The zero-order valence-electron chi connectivity index (χ0n) is 19.4. The van der Waals surface area contributed by atoms with Crippen molar-refractivity contribution in [3.63, 3.8) is 0 Å². The van der Waals surface area contributed by atoms with Crippen molar-refractivity contribution in [1.29, 1.82) is 0 Å². The Morgan fingerprint density at radius 3 is 1.97 bits per heavy atom. The molecule has 0 heterocycles. The number of terminal acetylenes is 1. The van der Waals surface area contributed by atoms with Crippen molar-refractivity contribution in [3.05, 3.63) is 67.4 Å². The van der Waals surface area contributed by atoms with Crippen LogP contribution in [-0.4, -0.2) is 11.0 Å². The predicted octanol–water partition coefficient (Wildman–Crippen LogP) is 6.85. The summed E-state index contributed by atoms with van der Waals surface area (Å²) in [5, 5.41) is 6.50. The third-order valence-electron chi connectivity index (χ3n) is 4.09. The molecule has 1 aromatic carbocycles. The van der Waals surface area contributed by atoms with Gasteiger partial charge in [-0.05, 0) is 50.3 Å². The molecule has 1 aliphatic carbocycles. The minimum atomic E-state index is -0.171. The number of carbonyl (C=O) groups excluding carboxylic acids is 1. The summed E-state index contributed by atoms with van der Waals surface area (Å²) in [6.45, 7) is 11.6. The van der Waals surface area contributed by atoms with Crippen LogP contribution in [0, 0.1) is 38.9 Å². The van der Waals surface area contributed by atoms with E-state index in [1.54, 1.807) is 12.1 Å². The van der Waals surface area contributed by atoms with Gasteiger partial charge in [0.1, 0.15) is 5.82 Å². The Morgan fingerprint density at radius 2 is 1.63 bits per heavy atom. The van der Waals surface area contributed by atoms with Gasteiger partial charge in [-0.3, -0.25) is 4.79 Å². The van der Waals surface area contributed by atoms with E-state index in [0.717, 1.165) is 17.9 Å². The first kappa shape index (κ1) is 39.0. The van der Waals surface area contributed by atoms with Gasteiger partial charge in [0.2, 0.25) is 0 Å². The fourth-order valence-electron chi connectivity index (χ4n) is 2.74. The van der Waals surface area contributed by atoms with Gasteiger partial charge in [-0.15, -0.1) is 12.8 Å². The number of hydrogen-bond donors (Lipinski definition) is 2. The summed E-state index contributed by atoms with van der Waals surface area (Å²) in [6.07, 6.45) is 18.5. The van der Waals surface area contributed by atoms with E-state index in [9.17, 15) is 9.18 Å². The van der Waals surface area contributed by atoms with Crippen LogP contribution in [0.2, 0.25) is 0 Å². The molecule has 3 N–H and O–H groups in total. The van der Waals surface area contributed by atoms with Crippen LogP contribution in [0.5, 0.6) is 0 Å². The molecule has 0 unspecified atom stereocenters. The molecule has 0 radical (unpaired) electrons. The Kier molecular flexibility index (Phi) is 38.6. The van der Waals surface area contributed by atoms with Crippen LogP contribution in [0.3, 0.4) is 0 Å². The summed E-state index contributed by atoms with van der Waals surface area (Å²) in [4.78, 5) is 11.1. The number of hydrogen-bond acceptors (Lipinski definition) is 3. The Labute approximate surface area is 199 Å². The maximum absolute atomic E-state index is 12.1. The molecule has 0 aromatic heterocycles. The van der Waals surface area contributed by atoms with Crippen molar-refractivity contribution in [2.75, 3.05) is 0 Å². The van der Waals surface area contributed by atoms with Crippen LogP contribution in [0.25, 0.3) is 0 Å². The van der Waals surface area contributed by atoms with Crippen molar-refractivity contribution in [2.45, 2.75) is 66.2 Å². The molecule has 3 nitrogen and oxygen atoms in total. The summed E-state index contributed by atoms with van der Waals surface area (Å²) in [5.41, 5.74) is 2.57. The Bertz CT molecular complexity index is 527. The maximum atomic E-state index is 12.1. The van der Waals surface area contributed by atoms with Gasteiger partial charge in [0.25, 0.3) is 0 Å². The third kappa shape index (κ3) is 21.2. The second kappa shape index (κ2) is 29.7. The Morgan fingerprint density at radius 1 is 1.20 bits per heavy atom. The summed E-state index contributed by atoms with van der Waals surface area (Å²) >= 11 is 0. The molecule has 30 heavy (non-hydrogen) atoms. The van der Waals surface area contributed by atoms with E-state index < -0.39 is 0 Å². The molecule has 5 heteroatoms. The van der Waals surface area contributed by atoms with Crippen LogP contribution in [-0.2, 0) is 25.9 Å². The van der Waals surface area contributed by atoms with Gasteiger partial charge < -0.3 is 12.6 Å². The molecule has 0 spiro atoms. The molecular formula is C25H41FNO2W-. The maximum Gasteiger partial charge on any atom is 0.158 e. The fourth-order valence-corrected chi connectivity index (χ4v) is 2.74. The van der Waals surface area contributed by atoms with E-state index in [1.807, 2.05) is 20.8 Å². The Balaban J connectivity index is -0.000000112. The molecule has 0 bridgehead atoms. The number of nitrogens with two attached hydrogens (primary N) is 1. The molecule has 1 fully saturated rings. The van der Waals surface area contributed by atoms with Gasteiger partial charge in [-0.2, -0.15) is 0 Å². The summed E-state index contributed by atoms with van der Waals surface area (Å²) in [6, 6.07) is 6.40. The molecule has 0 aliphatic heterocycles. The molecule has 1 aromatic rings. The molecule has 172 valence electrons.